The van der Waals surface area contributed by atoms with Crippen LogP contribution in [0.1, 0.15) is 49.8 Å². The minimum Gasteiger partial charge on any atom is -0.459 e. The monoisotopic (exact) mass is 314 g/mol. The molecule has 1 aromatic heterocycles. The minimum absolute atomic E-state index is 0.152. The number of carbonyl (C=O) groups excluding carboxylic acids is 2. The van der Waals surface area contributed by atoms with E-state index < -0.39 is 11.8 Å². The van der Waals surface area contributed by atoms with Gasteiger partial charge in [0.1, 0.15) is 5.69 Å². The van der Waals surface area contributed by atoms with E-state index in [4.69, 9.17) is 4.74 Å². The lowest BCUT2D eigenvalue weighted by Crippen LogP contribution is -2.26. The minimum atomic E-state index is -0.845. The molecule has 0 saturated heterocycles. The SMILES string of the molecule is C[C@H](c1ccccc1)n1nccc1C(=O)C(=O)OCC(C)(C)C. The summed E-state index contributed by atoms with van der Waals surface area (Å²) in [6.45, 7) is 7.94. The number of aromatic nitrogens is 2. The zero-order valence-corrected chi connectivity index (χ0v) is 13.9. The maximum atomic E-state index is 12.3. The molecular weight excluding hydrogens is 292 g/mol. The van der Waals surface area contributed by atoms with E-state index in [9.17, 15) is 9.59 Å². The summed E-state index contributed by atoms with van der Waals surface area (Å²) in [4.78, 5) is 24.3. The van der Waals surface area contributed by atoms with Crippen molar-refractivity contribution in [2.75, 3.05) is 6.61 Å². The molecule has 1 heterocycles. The van der Waals surface area contributed by atoms with Crippen LogP contribution in [0.2, 0.25) is 0 Å². The largest absolute Gasteiger partial charge is 0.459 e. The fourth-order valence-corrected chi connectivity index (χ4v) is 2.13. The molecule has 5 heteroatoms. The summed E-state index contributed by atoms with van der Waals surface area (Å²) >= 11 is 0. The molecule has 0 saturated carbocycles. The first-order chi connectivity index (χ1) is 10.8. The van der Waals surface area contributed by atoms with Crippen molar-refractivity contribution in [3.8, 4) is 0 Å². The molecule has 0 radical (unpaired) electrons. The Morgan fingerprint density at radius 1 is 1.17 bits per heavy atom. The van der Waals surface area contributed by atoms with Crippen molar-refractivity contribution in [1.29, 1.82) is 0 Å². The third kappa shape index (κ3) is 4.28. The van der Waals surface area contributed by atoms with Crippen LogP contribution in [-0.4, -0.2) is 28.1 Å². The number of carbonyl (C=O) groups is 2. The lowest BCUT2D eigenvalue weighted by atomic mass is 9.99. The van der Waals surface area contributed by atoms with Crippen LogP contribution in [0.4, 0.5) is 0 Å². The predicted molar refractivity (Wildman–Crippen MR) is 87.2 cm³/mol. The molecule has 0 aliphatic carbocycles. The van der Waals surface area contributed by atoms with Gasteiger partial charge in [-0.1, -0.05) is 51.1 Å². The normalized spacial score (nSPS) is 12.7. The van der Waals surface area contributed by atoms with Gasteiger partial charge >= 0.3 is 5.97 Å². The summed E-state index contributed by atoms with van der Waals surface area (Å²) < 4.78 is 6.65. The fraction of sp³-hybridized carbons (Fsp3) is 0.389. The first-order valence-electron chi connectivity index (χ1n) is 7.59. The van der Waals surface area contributed by atoms with Crippen molar-refractivity contribution in [2.45, 2.75) is 33.7 Å². The molecule has 0 aliphatic rings. The molecule has 1 atom stereocenters. The molecule has 5 nitrogen and oxygen atoms in total. The highest BCUT2D eigenvalue weighted by molar-refractivity contribution is 6.40. The van der Waals surface area contributed by atoms with E-state index in [1.165, 1.54) is 6.20 Å². The zero-order valence-electron chi connectivity index (χ0n) is 13.9. The van der Waals surface area contributed by atoms with Crippen LogP contribution in [0.25, 0.3) is 0 Å². The zero-order chi connectivity index (χ0) is 17.0. The lowest BCUT2D eigenvalue weighted by Gasteiger charge is -2.18. The van der Waals surface area contributed by atoms with E-state index in [0.717, 1.165) is 5.56 Å². The quantitative estimate of drug-likeness (QED) is 0.483. The summed E-state index contributed by atoms with van der Waals surface area (Å²) in [6.07, 6.45) is 1.52. The van der Waals surface area contributed by atoms with E-state index in [2.05, 4.69) is 5.10 Å². The number of benzene rings is 1. The highest BCUT2D eigenvalue weighted by atomic mass is 16.5. The average Bonchev–Trinajstić information content (AvgIpc) is 3.00. The van der Waals surface area contributed by atoms with Crippen LogP contribution in [0.5, 0.6) is 0 Å². The predicted octanol–water partition coefficient (Wildman–Crippen LogP) is 3.26. The molecule has 2 aromatic rings. The Morgan fingerprint density at radius 2 is 1.83 bits per heavy atom. The van der Waals surface area contributed by atoms with E-state index in [-0.39, 0.29) is 23.8 Å². The van der Waals surface area contributed by atoms with Crippen molar-refractivity contribution in [1.82, 2.24) is 9.78 Å². The van der Waals surface area contributed by atoms with Gasteiger partial charge in [-0.3, -0.25) is 9.48 Å². The summed E-state index contributed by atoms with van der Waals surface area (Å²) in [5, 5.41) is 4.19. The van der Waals surface area contributed by atoms with Crippen LogP contribution in [0, 0.1) is 5.41 Å². The Labute approximate surface area is 136 Å². The van der Waals surface area contributed by atoms with Crippen LogP contribution in [0.15, 0.2) is 42.6 Å². The molecular formula is C18H22N2O3. The third-order valence-corrected chi connectivity index (χ3v) is 3.37. The smallest absolute Gasteiger partial charge is 0.381 e. The van der Waals surface area contributed by atoms with E-state index >= 15 is 0 Å². The average molecular weight is 314 g/mol. The van der Waals surface area contributed by atoms with Gasteiger partial charge < -0.3 is 4.74 Å². The maximum Gasteiger partial charge on any atom is 0.381 e. The van der Waals surface area contributed by atoms with Gasteiger partial charge in [0.25, 0.3) is 5.78 Å². The van der Waals surface area contributed by atoms with Crippen molar-refractivity contribution in [3.05, 3.63) is 53.9 Å². The molecule has 1 aromatic carbocycles. The lowest BCUT2D eigenvalue weighted by molar-refractivity contribution is -0.140. The van der Waals surface area contributed by atoms with Crippen molar-refractivity contribution in [2.24, 2.45) is 5.41 Å². The second kappa shape index (κ2) is 6.77. The molecule has 0 bridgehead atoms. The Hall–Kier alpha value is -2.43. The van der Waals surface area contributed by atoms with Crippen molar-refractivity contribution >= 4 is 11.8 Å². The molecule has 2 rings (SSSR count). The van der Waals surface area contributed by atoms with Gasteiger partial charge in [0.2, 0.25) is 0 Å². The highest BCUT2D eigenvalue weighted by Gasteiger charge is 2.26. The van der Waals surface area contributed by atoms with Gasteiger partial charge in [0.15, 0.2) is 0 Å². The summed E-state index contributed by atoms with van der Waals surface area (Å²) in [5.74, 6) is -1.52. The van der Waals surface area contributed by atoms with Crippen LogP contribution >= 0.6 is 0 Å². The van der Waals surface area contributed by atoms with E-state index in [1.54, 1.807) is 10.7 Å². The summed E-state index contributed by atoms with van der Waals surface area (Å²) in [7, 11) is 0. The van der Waals surface area contributed by atoms with Crippen molar-refractivity contribution < 1.29 is 14.3 Å². The summed E-state index contributed by atoms with van der Waals surface area (Å²) in [5.41, 5.74) is 1.06. The standard InChI is InChI=1S/C18H22N2O3/c1-13(14-8-6-5-7-9-14)20-15(10-11-19-20)16(21)17(22)23-12-18(2,3)4/h5-11,13H,12H2,1-4H3/t13-/m1/s1. The van der Waals surface area contributed by atoms with E-state index in [0.29, 0.717) is 0 Å². The van der Waals surface area contributed by atoms with Gasteiger partial charge in [-0.15, -0.1) is 0 Å². The van der Waals surface area contributed by atoms with Crippen LogP contribution < -0.4 is 0 Å². The molecule has 0 amide bonds. The molecule has 122 valence electrons. The van der Waals surface area contributed by atoms with Crippen LogP contribution in [-0.2, 0) is 9.53 Å². The molecule has 0 unspecified atom stereocenters. The molecule has 0 aliphatic heterocycles. The Kier molecular flexibility index (Phi) is 4.98. The Bertz CT molecular complexity index is 684. The topological polar surface area (TPSA) is 61.2 Å². The second-order valence-electron chi connectivity index (χ2n) is 6.71. The molecule has 0 N–H and O–H groups in total. The number of esters is 1. The first-order valence-corrected chi connectivity index (χ1v) is 7.59. The van der Waals surface area contributed by atoms with Gasteiger partial charge in [-0.2, -0.15) is 5.10 Å². The van der Waals surface area contributed by atoms with Gasteiger partial charge in [-0.05, 0) is 24.0 Å². The number of hydrogen-bond donors (Lipinski definition) is 0. The fourth-order valence-electron chi connectivity index (χ4n) is 2.13. The first kappa shape index (κ1) is 16.9. The maximum absolute atomic E-state index is 12.3. The number of ketones is 1. The molecule has 0 fully saturated rings. The second-order valence-corrected chi connectivity index (χ2v) is 6.71. The number of Topliss-reactive ketones (excluding diaryl/α,β-unsaturated/α-hetero) is 1. The molecule has 0 spiro atoms. The van der Waals surface area contributed by atoms with Gasteiger partial charge in [0.05, 0.1) is 12.6 Å². The highest BCUT2D eigenvalue weighted by Crippen LogP contribution is 2.19. The van der Waals surface area contributed by atoms with Gasteiger partial charge in [-0.25, -0.2) is 4.79 Å². The summed E-state index contributed by atoms with van der Waals surface area (Å²) in [6, 6.07) is 11.1. The number of ether oxygens (including phenoxy) is 1. The van der Waals surface area contributed by atoms with E-state index in [1.807, 2.05) is 58.0 Å². The Balaban J connectivity index is 2.17. The number of hydrogen-bond acceptors (Lipinski definition) is 4. The van der Waals surface area contributed by atoms with Gasteiger partial charge in [0, 0.05) is 6.20 Å². The number of nitrogens with zero attached hydrogens (tertiary/aromatic N) is 2. The van der Waals surface area contributed by atoms with Crippen LogP contribution in [0.3, 0.4) is 0 Å². The Morgan fingerprint density at radius 3 is 2.43 bits per heavy atom. The third-order valence-electron chi connectivity index (χ3n) is 3.37. The molecule has 23 heavy (non-hydrogen) atoms. The number of rotatable bonds is 5. The van der Waals surface area contributed by atoms with Crippen molar-refractivity contribution in [3.63, 3.8) is 0 Å².